The molecule has 2 atom stereocenters. The first-order valence-electron chi connectivity index (χ1n) is 10.3. The van der Waals surface area contributed by atoms with Gasteiger partial charge < -0.3 is 9.64 Å². The van der Waals surface area contributed by atoms with Crippen LogP contribution < -0.4 is 10.1 Å². The van der Waals surface area contributed by atoms with Crippen molar-refractivity contribution in [1.29, 1.82) is 0 Å². The zero-order chi connectivity index (χ0) is 21.5. The van der Waals surface area contributed by atoms with E-state index < -0.39 is 17.9 Å². The number of halogens is 2. The number of nitrogens with one attached hydrogen (secondary N) is 1. The van der Waals surface area contributed by atoms with E-state index in [1.165, 1.54) is 4.90 Å². The number of hydrogen-bond acceptors (Lipinski definition) is 5. The van der Waals surface area contributed by atoms with Gasteiger partial charge in [-0.15, -0.1) is 0 Å². The molecule has 9 heteroatoms. The Bertz CT molecular complexity index is 876. The molecule has 0 spiro atoms. The van der Waals surface area contributed by atoms with Gasteiger partial charge in [0.1, 0.15) is 18.4 Å². The predicted octanol–water partition coefficient (Wildman–Crippen LogP) is 1.95. The van der Waals surface area contributed by atoms with Gasteiger partial charge in [0.05, 0.1) is 0 Å². The number of carbonyl (C=O) groups excluding carboxylic acids is 3. The molecule has 1 aromatic carbocycles. The van der Waals surface area contributed by atoms with Gasteiger partial charge in [0.2, 0.25) is 11.8 Å². The molecule has 2 saturated heterocycles. The van der Waals surface area contributed by atoms with Crippen molar-refractivity contribution in [3.8, 4) is 5.75 Å². The van der Waals surface area contributed by atoms with Crippen molar-refractivity contribution in [3.63, 3.8) is 0 Å². The SMILES string of the molecule is CCN1CCC(F)(F)C[C@H]1COc1ccc2c(c1)CN([C@@H]1CCC(=O)NC1=O)C2=O. The number of rotatable bonds is 5. The number of likely N-dealkylation sites (tertiary alicyclic amines) is 1. The molecule has 2 fully saturated rings. The van der Waals surface area contributed by atoms with Crippen LogP contribution in [0.5, 0.6) is 5.75 Å². The van der Waals surface area contributed by atoms with Crippen LogP contribution in [0.3, 0.4) is 0 Å². The maximum atomic E-state index is 13.8. The lowest BCUT2D eigenvalue weighted by atomic mass is 9.99. The number of hydrogen-bond donors (Lipinski definition) is 1. The smallest absolute Gasteiger partial charge is 0.255 e. The Morgan fingerprint density at radius 1 is 1.27 bits per heavy atom. The molecule has 0 radical (unpaired) electrons. The van der Waals surface area contributed by atoms with Crippen LogP contribution in [0.2, 0.25) is 0 Å². The molecule has 0 unspecified atom stereocenters. The van der Waals surface area contributed by atoms with Gasteiger partial charge in [0, 0.05) is 44.0 Å². The summed E-state index contributed by atoms with van der Waals surface area (Å²) in [4.78, 5) is 39.7. The fourth-order valence-electron chi connectivity index (χ4n) is 4.48. The number of nitrogens with zero attached hydrogens (tertiary/aromatic N) is 2. The highest BCUT2D eigenvalue weighted by atomic mass is 19.3. The van der Waals surface area contributed by atoms with E-state index in [1.807, 2.05) is 11.8 Å². The van der Waals surface area contributed by atoms with Gasteiger partial charge >= 0.3 is 0 Å². The van der Waals surface area contributed by atoms with Gasteiger partial charge in [-0.1, -0.05) is 6.92 Å². The second kappa shape index (κ2) is 7.94. The number of amides is 3. The first-order valence-corrected chi connectivity index (χ1v) is 10.3. The van der Waals surface area contributed by atoms with E-state index in [0.29, 0.717) is 30.8 Å². The Balaban J connectivity index is 1.43. The van der Waals surface area contributed by atoms with Crippen LogP contribution in [0.1, 0.15) is 48.5 Å². The summed E-state index contributed by atoms with van der Waals surface area (Å²) < 4.78 is 33.4. The molecule has 3 aliphatic rings. The van der Waals surface area contributed by atoms with Gasteiger partial charge in [0.25, 0.3) is 11.8 Å². The highest BCUT2D eigenvalue weighted by Crippen LogP contribution is 2.33. The fraction of sp³-hybridized carbons (Fsp3) is 0.571. The monoisotopic (exact) mass is 421 g/mol. The van der Waals surface area contributed by atoms with E-state index in [1.54, 1.807) is 18.2 Å². The van der Waals surface area contributed by atoms with E-state index in [4.69, 9.17) is 4.74 Å². The number of alkyl halides is 2. The minimum absolute atomic E-state index is 0.130. The van der Waals surface area contributed by atoms with Crippen molar-refractivity contribution >= 4 is 17.7 Å². The second-order valence-electron chi connectivity index (χ2n) is 8.12. The van der Waals surface area contributed by atoms with Gasteiger partial charge in [0.15, 0.2) is 0 Å². The number of imide groups is 1. The minimum atomic E-state index is -2.67. The summed E-state index contributed by atoms with van der Waals surface area (Å²) in [5.41, 5.74) is 1.22. The van der Waals surface area contributed by atoms with E-state index in [-0.39, 0.29) is 50.3 Å². The minimum Gasteiger partial charge on any atom is -0.492 e. The van der Waals surface area contributed by atoms with Crippen LogP contribution in [0.25, 0.3) is 0 Å². The van der Waals surface area contributed by atoms with E-state index >= 15 is 0 Å². The molecule has 4 rings (SSSR count). The third-order valence-electron chi connectivity index (χ3n) is 6.16. The lowest BCUT2D eigenvalue weighted by Gasteiger charge is -2.38. The Hall–Kier alpha value is -2.55. The van der Waals surface area contributed by atoms with Crippen LogP contribution in [0.15, 0.2) is 18.2 Å². The van der Waals surface area contributed by atoms with Crippen LogP contribution >= 0.6 is 0 Å². The molecule has 7 nitrogen and oxygen atoms in total. The number of benzene rings is 1. The van der Waals surface area contributed by atoms with Gasteiger partial charge in [-0.3, -0.25) is 24.6 Å². The normalized spacial score (nSPS) is 26.5. The average molecular weight is 421 g/mol. The Labute approximate surface area is 173 Å². The lowest BCUT2D eigenvalue weighted by Crippen LogP contribution is -2.52. The zero-order valence-corrected chi connectivity index (χ0v) is 16.8. The second-order valence-corrected chi connectivity index (χ2v) is 8.12. The molecular formula is C21H25F2N3O4. The van der Waals surface area contributed by atoms with Gasteiger partial charge in [-0.05, 0) is 36.7 Å². The predicted molar refractivity (Wildman–Crippen MR) is 103 cm³/mol. The van der Waals surface area contributed by atoms with E-state index in [0.717, 1.165) is 5.56 Å². The molecule has 3 aliphatic heterocycles. The van der Waals surface area contributed by atoms with Gasteiger partial charge in [-0.2, -0.15) is 0 Å². The van der Waals surface area contributed by atoms with E-state index in [9.17, 15) is 23.2 Å². The first-order chi connectivity index (χ1) is 14.3. The Morgan fingerprint density at radius 2 is 2.07 bits per heavy atom. The molecule has 162 valence electrons. The third kappa shape index (κ3) is 4.03. The molecular weight excluding hydrogens is 396 g/mol. The standard InChI is InChI=1S/C21H25F2N3O4/c1-2-25-8-7-21(22,23)10-14(25)12-30-15-3-4-16-13(9-15)11-26(20(16)29)17-5-6-18(27)24-19(17)28/h3-4,9,14,17H,2,5-8,10-12H2,1H3,(H,24,27,28)/t14-,17+/m0/s1. The van der Waals surface area contributed by atoms with Crippen molar-refractivity contribution in [2.24, 2.45) is 0 Å². The summed E-state index contributed by atoms with van der Waals surface area (Å²) >= 11 is 0. The lowest BCUT2D eigenvalue weighted by molar-refractivity contribution is -0.136. The van der Waals surface area contributed by atoms with Crippen molar-refractivity contribution in [3.05, 3.63) is 29.3 Å². The fourth-order valence-corrected chi connectivity index (χ4v) is 4.48. The van der Waals surface area contributed by atoms with Crippen LogP contribution in [-0.2, 0) is 16.1 Å². The molecule has 0 aliphatic carbocycles. The van der Waals surface area contributed by atoms with Gasteiger partial charge in [-0.25, -0.2) is 8.78 Å². The molecule has 0 bridgehead atoms. The van der Waals surface area contributed by atoms with Crippen molar-refractivity contribution in [2.45, 2.75) is 57.2 Å². The topological polar surface area (TPSA) is 79.0 Å². The molecule has 30 heavy (non-hydrogen) atoms. The molecule has 1 N–H and O–H groups in total. The number of ether oxygens (including phenoxy) is 1. The summed E-state index contributed by atoms with van der Waals surface area (Å²) in [6, 6.07) is 3.99. The summed E-state index contributed by atoms with van der Waals surface area (Å²) in [5, 5.41) is 2.28. The summed E-state index contributed by atoms with van der Waals surface area (Å²) in [7, 11) is 0. The molecule has 0 saturated carbocycles. The largest absolute Gasteiger partial charge is 0.492 e. The molecule has 3 heterocycles. The maximum Gasteiger partial charge on any atom is 0.255 e. The van der Waals surface area contributed by atoms with Crippen LogP contribution in [0.4, 0.5) is 8.78 Å². The summed E-state index contributed by atoms with van der Waals surface area (Å²) in [5.74, 6) is -3.20. The Kier molecular flexibility index (Phi) is 5.48. The average Bonchev–Trinajstić information content (AvgIpc) is 3.02. The third-order valence-corrected chi connectivity index (χ3v) is 6.16. The molecule has 3 amide bonds. The number of fused-ring (bicyclic) bond motifs is 1. The van der Waals surface area contributed by atoms with Crippen LogP contribution in [0, 0.1) is 0 Å². The Morgan fingerprint density at radius 3 is 2.80 bits per heavy atom. The zero-order valence-electron chi connectivity index (χ0n) is 16.8. The quantitative estimate of drug-likeness (QED) is 0.736. The number of likely N-dealkylation sites (N-methyl/N-ethyl adjacent to an activating group) is 1. The van der Waals surface area contributed by atoms with E-state index in [2.05, 4.69) is 5.32 Å². The highest BCUT2D eigenvalue weighted by Gasteiger charge is 2.41. The summed E-state index contributed by atoms with van der Waals surface area (Å²) in [6.45, 7) is 3.37. The highest BCUT2D eigenvalue weighted by molar-refractivity contribution is 6.05. The van der Waals surface area contributed by atoms with Crippen molar-refractivity contribution < 1.29 is 27.9 Å². The number of carbonyl (C=O) groups is 3. The van der Waals surface area contributed by atoms with Crippen LogP contribution in [-0.4, -0.2) is 65.2 Å². The summed E-state index contributed by atoms with van der Waals surface area (Å²) in [6.07, 6.45) is 0.142. The first kappa shape index (κ1) is 20.7. The maximum absolute atomic E-state index is 13.8. The molecule has 0 aromatic heterocycles. The van der Waals surface area contributed by atoms with Crippen molar-refractivity contribution in [1.82, 2.24) is 15.1 Å². The number of piperidine rings is 2. The molecule has 1 aromatic rings. The van der Waals surface area contributed by atoms with Crippen molar-refractivity contribution in [2.75, 3.05) is 19.7 Å².